The van der Waals surface area contributed by atoms with Crippen LogP contribution in [0.1, 0.15) is 17.5 Å². The van der Waals surface area contributed by atoms with Crippen LogP contribution in [0.3, 0.4) is 0 Å². The van der Waals surface area contributed by atoms with Gasteiger partial charge in [-0.05, 0) is 25.1 Å². The average Bonchev–Trinajstić information content (AvgIpc) is 3.18. The fourth-order valence-corrected chi connectivity index (χ4v) is 2.92. The molecule has 6 nitrogen and oxygen atoms in total. The number of fused-ring (bicyclic) bond motifs is 2. The highest BCUT2D eigenvalue weighted by molar-refractivity contribution is 5.98. The number of aromatic nitrogens is 1. The molecule has 2 heterocycles. The maximum atomic E-state index is 12.3. The van der Waals surface area contributed by atoms with E-state index in [1.54, 1.807) is 16.7 Å². The Morgan fingerprint density at radius 1 is 1.16 bits per heavy atom. The second kappa shape index (κ2) is 5.90. The molecule has 124 valence electrons. The van der Waals surface area contributed by atoms with Gasteiger partial charge in [-0.2, -0.15) is 0 Å². The first-order valence-corrected chi connectivity index (χ1v) is 7.94. The van der Waals surface area contributed by atoms with Crippen LogP contribution in [0, 0.1) is 0 Å². The molecule has 0 spiro atoms. The standard InChI is InChI=1S/C19H15N3O3/c1-2-22-14-9-5-4-8-13(14)17(19(22)24)20-21-18(23)16-11-12-7-3-6-10-15(12)25-16/h3-11,24H,2H2,1H3. The summed E-state index contributed by atoms with van der Waals surface area (Å²) in [4.78, 5) is 12.3. The Bertz CT molecular complexity index is 1090. The lowest BCUT2D eigenvalue weighted by atomic mass is 10.2. The van der Waals surface area contributed by atoms with Gasteiger partial charge < -0.3 is 14.1 Å². The number of carbonyl (C=O) groups is 1. The minimum Gasteiger partial charge on any atom is -0.493 e. The number of carbonyl (C=O) groups excluding carboxylic acids is 1. The zero-order valence-corrected chi connectivity index (χ0v) is 13.5. The van der Waals surface area contributed by atoms with Gasteiger partial charge in [0.2, 0.25) is 5.88 Å². The average molecular weight is 333 g/mol. The summed E-state index contributed by atoms with van der Waals surface area (Å²) in [5.41, 5.74) is 1.74. The number of para-hydroxylation sites is 2. The first-order valence-electron chi connectivity index (χ1n) is 7.94. The van der Waals surface area contributed by atoms with Crippen molar-refractivity contribution in [2.24, 2.45) is 10.2 Å². The highest BCUT2D eigenvalue weighted by Gasteiger charge is 2.16. The second-order valence-electron chi connectivity index (χ2n) is 5.59. The number of azo groups is 1. The van der Waals surface area contributed by atoms with E-state index in [4.69, 9.17) is 4.42 Å². The maximum absolute atomic E-state index is 12.3. The summed E-state index contributed by atoms with van der Waals surface area (Å²) in [6.45, 7) is 2.51. The topological polar surface area (TPSA) is 80.1 Å². The highest BCUT2D eigenvalue weighted by Crippen LogP contribution is 2.38. The molecule has 6 heteroatoms. The van der Waals surface area contributed by atoms with Crippen molar-refractivity contribution in [3.63, 3.8) is 0 Å². The van der Waals surface area contributed by atoms with Crippen molar-refractivity contribution in [2.45, 2.75) is 13.5 Å². The van der Waals surface area contributed by atoms with Crippen LogP contribution < -0.4 is 0 Å². The number of rotatable bonds is 3. The Balaban J connectivity index is 1.73. The van der Waals surface area contributed by atoms with Crippen molar-refractivity contribution in [1.82, 2.24) is 4.57 Å². The number of aryl methyl sites for hydroxylation is 1. The Kier molecular flexibility index (Phi) is 3.57. The lowest BCUT2D eigenvalue weighted by Crippen LogP contribution is -1.91. The molecular formula is C19H15N3O3. The summed E-state index contributed by atoms with van der Waals surface area (Å²) in [6, 6.07) is 16.4. The minimum atomic E-state index is -0.594. The van der Waals surface area contributed by atoms with Crippen molar-refractivity contribution in [1.29, 1.82) is 0 Å². The molecular weight excluding hydrogens is 318 g/mol. The Hall–Kier alpha value is -3.41. The van der Waals surface area contributed by atoms with Crippen molar-refractivity contribution in [2.75, 3.05) is 0 Å². The van der Waals surface area contributed by atoms with Gasteiger partial charge in [-0.1, -0.05) is 36.4 Å². The predicted octanol–water partition coefficient (Wildman–Crippen LogP) is 5.04. The van der Waals surface area contributed by atoms with Gasteiger partial charge in [0.1, 0.15) is 5.58 Å². The van der Waals surface area contributed by atoms with Gasteiger partial charge in [-0.15, -0.1) is 10.2 Å². The predicted molar refractivity (Wildman–Crippen MR) is 94.3 cm³/mol. The number of nitrogens with zero attached hydrogens (tertiary/aromatic N) is 3. The zero-order chi connectivity index (χ0) is 17.4. The van der Waals surface area contributed by atoms with E-state index in [0.717, 1.165) is 16.3 Å². The number of hydrogen-bond acceptors (Lipinski definition) is 4. The summed E-state index contributed by atoms with van der Waals surface area (Å²) in [7, 11) is 0. The van der Waals surface area contributed by atoms with Crippen LogP contribution in [-0.4, -0.2) is 15.6 Å². The molecule has 0 saturated carbocycles. The molecule has 4 aromatic rings. The summed E-state index contributed by atoms with van der Waals surface area (Å²) >= 11 is 0. The van der Waals surface area contributed by atoms with Gasteiger partial charge in [0, 0.05) is 17.3 Å². The van der Waals surface area contributed by atoms with Gasteiger partial charge in [-0.3, -0.25) is 4.79 Å². The monoisotopic (exact) mass is 333 g/mol. The molecule has 0 saturated heterocycles. The molecule has 4 rings (SSSR count). The van der Waals surface area contributed by atoms with Crippen molar-refractivity contribution in [3.05, 3.63) is 60.4 Å². The summed E-state index contributed by atoms with van der Waals surface area (Å²) in [5.74, 6) is -0.488. The second-order valence-corrected chi connectivity index (χ2v) is 5.59. The number of amides is 1. The molecule has 1 N–H and O–H groups in total. The van der Waals surface area contributed by atoms with Gasteiger partial charge in [0.15, 0.2) is 11.4 Å². The van der Waals surface area contributed by atoms with Crippen LogP contribution in [0.4, 0.5) is 5.69 Å². The third-order valence-electron chi connectivity index (χ3n) is 4.11. The van der Waals surface area contributed by atoms with Gasteiger partial charge in [0.25, 0.3) is 0 Å². The first-order chi connectivity index (χ1) is 12.2. The van der Waals surface area contributed by atoms with Crippen LogP contribution >= 0.6 is 0 Å². The summed E-state index contributed by atoms with van der Waals surface area (Å²) in [6.07, 6.45) is 0. The van der Waals surface area contributed by atoms with Gasteiger partial charge in [0.05, 0.1) is 5.52 Å². The van der Waals surface area contributed by atoms with Crippen LogP contribution in [0.5, 0.6) is 5.88 Å². The van der Waals surface area contributed by atoms with E-state index in [9.17, 15) is 9.90 Å². The van der Waals surface area contributed by atoms with E-state index in [1.807, 2.05) is 49.4 Å². The van der Waals surface area contributed by atoms with E-state index in [2.05, 4.69) is 10.2 Å². The molecule has 0 aliphatic heterocycles. The number of benzene rings is 2. The SMILES string of the molecule is CCn1c(O)c(N=NC(=O)c2cc3ccccc3o2)c2ccccc21. The Morgan fingerprint density at radius 3 is 2.72 bits per heavy atom. The molecule has 0 aliphatic rings. The quantitative estimate of drug-likeness (QED) is 0.533. The number of aromatic hydroxyl groups is 1. The van der Waals surface area contributed by atoms with E-state index >= 15 is 0 Å². The molecule has 25 heavy (non-hydrogen) atoms. The maximum Gasteiger partial charge on any atom is 0.331 e. The lowest BCUT2D eigenvalue weighted by Gasteiger charge is -2.00. The molecule has 0 fully saturated rings. The molecule has 2 aromatic carbocycles. The van der Waals surface area contributed by atoms with Crippen molar-refractivity contribution in [3.8, 4) is 5.88 Å². The van der Waals surface area contributed by atoms with Crippen LogP contribution in [0.15, 0.2) is 69.2 Å². The highest BCUT2D eigenvalue weighted by atomic mass is 16.3. The molecule has 0 atom stereocenters. The minimum absolute atomic E-state index is 0.00939. The smallest absolute Gasteiger partial charge is 0.331 e. The normalized spacial score (nSPS) is 11.7. The number of hydrogen-bond donors (Lipinski definition) is 1. The van der Waals surface area contributed by atoms with E-state index in [-0.39, 0.29) is 17.3 Å². The van der Waals surface area contributed by atoms with Crippen LogP contribution in [-0.2, 0) is 6.54 Å². The molecule has 2 aromatic heterocycles. The molecule has 1 amide bonds. The fourth-order valence-electron chi connectivity index (χ4n) is 2.92. The van der Waals surface area contributed by atoms with Crippen molar-refractivity contribution >= 4 is 33.5 Å². The van der Waals surface area contributed by atoms with Gasteiger partial charge in [-0.25, -0.2) is 0 Å². The molecule has 0 bridgehead atoms. The molecule has 0 radical (unpaired) electrons. The van der Waals surface area contributed by atoms with E-state index < -0.39 is 5.91 Å². The van der Waals surface area contributed by atoms with Crippen LogP contribution in [0.2, 0.25) is 0 Å². The molecule has 0 unspecified atom stereocenters. The third kappa shape index (κ3) is 2.48. The number of furan rings is 1. The first kappa shape index (κ1) is 15.1. The fraction of sp³-hybridized carbons (Fsp3) is 0.105. The lowest BCUT2D eigenvalue weighted by molar-refractivity contribution is 0.0970. The van der Waals surface area contributed by atoms with Crippen molar-refractivity contribution < 1.29 is 14.3 Å². The zero-order valence-electron chi connectivity index (χ0n) is 13.5. The largest absolute Gasteiger partial charge is 0.493 e. The van der Waals surface area contributed by atoms with Crippen LogP contribution in [0.25, 0.3) is 21.9 Å². The molecule has 0 aliphatic carbocycles. The summed E-state index contributed by atoms with van der Waals surface area (Å²) < 4.78 is 7.21. The Labute approximate surface area is 143 Å². The summed E-state index contributed by atoms with van der Waals surface area (Å²) in [5, 5.41) is 19.7. The van der Waals surface area contributed by atoms with Gasteiger partial charge >= 0.3 is 5.91 Å². The van der Waals surface area contributed by atoms with E-state index in [1.165, 1.54) is 0 Å². The third-order valence-corrected chi connectivity index (χ3v) is 4.11. The van der Waals surface area contributed by atoms with E-state index in [0.29, 0.717) is 12.1 Å². The Morgan fingerprint density at radius 2 is 1.92 bits per heavy atom.